The summed E-state index contributed by atoms with van der Waals surface area (Å²) in [6.07, 6.45) is 4.13. The molecule has 19 heavy (non-hydrogen) atoms. The van der Waals surface area contributed by atoms with Gasteiger partial charge < -0.3 is 5.32 Å². The lowest BCUT2D eigenvalue weighted by atomic mass is 10.0. The second kappa shape index (κ2) is 5.55. The normalized spacial score (nSPS) is 12.9. The summed E-state index contributed by atoms with van der Waals surface area (Å²) >= 11 is 1.67. The van der Waals surface area contributed by atoms with Gasteiger partial charge in [0.05, 0.1) is 5.69 Å². The molecule has 0 aliphatic rings. The van der Waals surface area contributed by atoms with Gasteiger partial charge in [0.25, 0.3) is 0 Å². The van der Waals surface area contributed by atoms with Crippen molar-refractivity contribution in [2.75, 3.05) is 6.54 Å². The first kappa shape index (κ1) is 12.4. The molecule has 0 radical (unpaired) electrons. The first-order valence-corrected chi connectivity index (χ1v) is 7.37. The summed E-state index contributed by atoms with van der Waals surface area (Å²) in [6, 6.07) is 10.6. The van der Waals surface area contributed by atoms with Gasteiger partial charge in [-0.25, -0.2) is 4.98 Å². The lowest BCUT2D eigenvalue weighted by Gasteiger charge is -2.12. The molecule has 1 atom stereocenters. The second-order valence-corrected chi connectivity index (χ2v) is 5.64. The maximum atomic E-state index is 4.56. The summed E-state index contributed by atoms with van der Waals surface area (Å²) in [5.41, 5.74) is 2.48. The Morgan fingerprint density at radius 1 is 1.32 bits per heavy atom. The molecule has 0 aliphatic heterocycles. The monoisotopic (exact) mass is 271 g/mol. The van der Waals surface area contributed by atoms with E-state index in [4.69, 9.17) is 0 Å². The van der Waals surface area contributed by atoms with Crippen LogP contribution < -0.4 is 5.32 Å². The third-order valence-electron chi connectivity index (χ3n) is 3.27. The van der Waals surface area contributed by atoms with E-state index in [0.717, 1.165) is 23.7 Å². The molecular formula is C15H17N3S. The molecule has 2 heterocycles. The van der Waals surface area contributed by atoms with Crippen LogP contribution in [0.25, 0.3) is 4.96 Å². The van der Waals surface area contributed by atoms with Gasteiger partial charge in [-0.1, -0.05) is 37.3 Å². The minimum absolute atomic E-state index is 0.518. The molecule has 0 saturated carbocycles. The van der Waals surface area contributed by atoms with Crippen molar-refractivity contribution in [2.24, 2.45) is 0 Å². The van der Waals surface area contributed by atoms with Crippen molar-refractivity contribution in [3.05, 3.63) is 59.4 Å². The molecule has 1 N–H and O–H groups in total. The third kappa shape index (κ3) is 2.85. The van der Waals surface area contributed by atoms with E-state index >= 15 is 0 Å². The van der Waals surface area contributed by atoms with E-state index in [1.165, 1.54) is 5.56 Å². The molecular weight excluding hydrogens is 254 g/mol. The molecule has 98 valence electrons. The summed E-state index contributed by atoms with van der Waals surface area (Å²) < 4.78 is 2.07. The van der Waals surface area contributed by atoms with Crippen molar-refractivity contribution < 1.29 is 0 Å². The summed E-state index contributed by atoms with van der Waals surface area (Å²) in [5, 5.41) is 5.53. The SMILES string of the molecule is CC(CNCc1cn2ccsc2n1)c1ccccc1. The van der Waals surface area contributed by atoms with E-state index in [1.807, 2.05) is 6.20 Å². The van der Waals surface area contributed by atoms with E-state index in [0.29, 0.717) is 5.92 Å². The van der Waals surface area contributed by atoms with Crippen LogP contribution >= 0.6 is 11.3 Å². The number of hydrogen-bond donors (Lipinski definition) is 1. The van der Waals surface area contributed by atoms with Crippen LogP contribution in [0.15, 0.2) is 48.1 Å². The van der Waals surface area contributed by atoms with Gasteiger partial charge >= 0.3 is 0 Å². The number of imidazole rings is 1. The molecule has 4 heteroatoms. The summed E-state index contributed by atoms with van der Waals surface area (Å²) in [6.45, 7) is 4.04. The van der Waals surface area contributed by atoms with E-state index in [-0.39, 0.29) is 0 Å². The lowest BCUT2D eigenvalue weighted by molar-refractivity contribution is 0.610. The highest BCUT2D eigenvalue weighted by atomic mass is 32.1. The molecule has 1 aromatic carbocycles. The Morgan fingerprint density at radius 3 is 2.95 bits per heavy atom. The highest BCUT2D eigenvalue weighted by Crippen LogP contribution is 2.14. The molecule has 0 amide bonds. The molecule has 0 spiro atoms. The number of nitrogens with zero attached hydrogens (tertiary/aromatic N) is 2. The Balaban J connectivity index is 1.54. The number of hydrogen-bond acceptors (Lipinski definition) is 3. The molecule has 3 nitrogen and oxygen atoms in total. The first-order chi connectivity index (χ1) is 9.33. The average molecular weight is 271 g/mol. The van der Waals surface area contributed by atoms with Crippen molar-refractivity contribution in [1.29, 1.82) is 0 Å². The third-order valence-corrected chi connectivity index (χ3v) is 4.04. The summed E-state index contributed by atoms with van der Waals surface area (Å²) in [7, 11) is 0. The van der Waals surface area contributed by atoms with Crippen LogP contribution in [0.5, 0.6) is 0 Å². The Hall–Kier alpha value is -1.65. The van der Waals surface area contributed by atoms with Crippen LogP contribution in [0.4, 0.5) is 0 Å². The largest absolute Gasteiger partial charge is 0.311 e. The van der Waals surface area contributed by atoms with Gasteiger partial charge in [0.15, 0.2) is 4.96 Å². The van der Waals surface area contributed by atoms with Gasteiger partial charge in [-0.2, -0.15) is 0 Å². The molecule has 1 unspecified atom stereocenters. The molecule has 3 aromatic rings. The Morgan fingerprint density at radius 2 is 2.16 bits per heavy atom. The fourth-order valence-corrected chi connectivity index (χ4v) is 2.90. The van der Waals surface area contributed by atoms with Crippen molar-refractivity contribution >= 4 is 16.3 Å². The van der Waals surface area contributed by atoms with Crippen molar-refractivity contribution in [2.45, 2.75) is 19.4 Å². The maximum Gasteiger partial charge on any atom is 0.193 e. The van der Waals surface area contributed by atoms with E-state index in [1.54, 1.807) is 11.3 Å². The van der Waals surface area contributed by atoms with Gasteiger partial charge in [-0.3, -0.25) is 4.40 Å². The van der Waals surface area contributed by atoms with Crippen LogP contribution in [-0.4, -0.2) is 15.9 Å². The fourth-order valence-electron chi connectivity index (χ4n) is 2.18. The first-order valence-electron chi connectivity index (χ1n) is 6.49. The van der Waals surface area contributed by atoms with Crippen molar-refractivity contribution in [3.63, 3.8) is 0 Å². The predicted molar refractivity (Wildman–Crippen MR) is 79.6 cm³/mol. The zero-order valence-corrected chi connectivity index (χ0v) is 11.7. The van der Waals surface area contributed by atoms with Gasteiger partial charge in [-0.05, 0) is 11.5 Å². The van der Waals surface area contributed by atoms with Gasteiger partial charge in [-0.15, -0.1) is 11.3 Å². The number of thiazole rings is 1. The molecule has 0 fully saturated rings. The maximum absolute atomic E-state index is 4.56. The standard InChI is InChI=1S/C15H17N3S/c1-12(13-5-3-2-4-6-13)9-16-10-14-11-18-7-8-19-15(18)17-14/h2-8,11-12,16H,9-10H2,1H3. The molecule has 2 aromatic heterocycles. The van der Waals surface area contributed by atoms with Crippen molar-refractivity contribution in [1.82, 2.24) is 14.7 Å². The van der Waals surface area contributed by atoms with E-state index in [2.05, 4.69) is 63.5 Å². The highest BCUT2D eigenvalue weighted by Gasteiger charge is 2.06. The number of aromatic nitrogens is 2. The number of benzene rings is 1. The number of nitrogens with one attached hydrogen (secondary N) is 1. The Labute approximate surface area is 116 Å². The zero-order valence-electron chi connectivity index (χ0n) is 10.9. The second-order valence-electron chi connectivity index (χ2n) is 4.77. The van der Waals surface area contributed by atoms with Crippen LogP contribution in [0.3, 0.4) is 0 Å². The van der Waals surface area contributed by atoms with Crippen LogP contribution in [0.1, 0.15) is 24.1 Å². The smallest absolute Gasteiger partial charge is 0.193 e. The fraction of sp³-hybridized carbons (Fsp3) is 0.267. The van der Waals surface area contributed by atoms with Crippen LogP contribution in [0.2, 0.25) is 0 Å². The minimum Gasteiger partial charge on any atom is -0.311 e. The zero-order chi connectivity index (χ0) is 13.1. The topological polar surface area (TPSA) is 29.3 Å². The number of fused-ring (bicyclic) bond motifs is 1. The lowest BCUT2D eigenvalue weighted by Crippen LogP contribution is -2.19. The Kier molecular flexibility index (Phi) is 3.62. The average Bonchev–Trinajstić information content (AvgIpc) is 3.00. The number of rotatable bonds is 5. The summed E-state index contributed by atoms with van der Waals surface area (Å²) in [4.78, 5) is 5.62. The molecule has 0 aliphatic carbocycles. The van der Waals surface area contributed by atoms with Gasteiger partial charge in [0.2, 0.25) is 0 Å². The minimum atomic E-state index is 0.518. The Bertz CT molecular complexity index is 613. The predicted octanol–water partition coefficient (Wildman–Crippen LogP) is 3.29. The molecule has 0 bridgehead atoms. The van der Waals surface area contributed by atoms with Crippen LogP contribution in [-0.2, 0) is 6.54 Å². The van der Waals surface area contributed by atoms with Gasteiger partial charge in [0.1, 0.15) is 0 Å². The molecule has 3 rings (SSSR count). The van der Waals surface area contributed by atoms with Crippen molar-refractivity contribution in [3.8, 4) is 0 Å². The molecule has 0 saturated heterocycles. The summed E-state index contributed by atoms with van der Waals surface area (Å²) in [5.74, 6) is 0.518. The quantitative estimate of drug-likeness (QED) is 0.771. The van der Waals surface area contributed by atoms with E-state index in [9.17, 15) is 0 Å². The highest BCUT2D eigenvalue weighted by molar-refractivity contribution is 7.15. The van der Waals surface area contributed by atoms with E-state index < -0.39 is 0 Å². The van der Waals surface area contributed by atoms with Gasteiger partial charge in [0, 0.05) is 30.9 Å². The van der Waals surface area contributed by atoms with Crippen LogP contribution in [0, 0.1) is 0 Å².